The third-order valence-corrected chi connectivity index (χ3v) is 1.80. The van der Waals surface area contributed by atoms with E-state index in [-0.39, 0.29) is 18.6 Å². The Balaban J connectivity index is 2.90. The highest BCUT2D eigenvalue weighted by Crippen LogP contribution is 2.07. The van der Waals surface area contributed by atoms with Gasteiger partial charge in [0, 0.05) is 12.6 Å². The van der Waals surface area contributed by atoms with Gasteiger partial charge in [-0.2, -0.15) is 0 Å². The van der Waals surface area contributed by atoms with Gasteiger partial charge < -0.3 is 15.9 Å². The van der Waals surface area contributed by atoms with Crippen LogP contribution in [0.25, 0.3) is 0 Å². The summed E-state index contributed by atoms with van der Waals surface area (Å²) in [5, 5.41) is 17.8. The van der Waals surface area contributed by atoms with E-state index < -0.39 is 12.0 Å². The van der Waals surface area contributed by atoms with E-state index in [0.29, 0.717) is 5.69 Å². The third kappa shape index (κ3) is 2.51. The number of carbonyl (C=O) groups is 1. The minimum absolute atomic E-state index is 0.121. The smallest absolute Gasteiger partial charge is 0.250 e. The van der Waals surface area contributed by atoms with Crippen LogP contribution in [0.5, 0.6) is 0 Å². The summed E-state index contributed by atoms with van der Waals surface area (Å²) in [5.41, 5.74) is 5.79. The fourth-order valence-corrected chi connectivity index (χ4v) is 1.11. The van der Waals surface area contributed by atoms with Gasteiger partial charge in [-0.05, 0) is 12.1 Å². The molecule has 0 aliphatic heterocycles. The van der Waals surface area contributed by atoms with Crippen molar-refractivity contribution < 1.29 is 15.0 Å². The highest BCUT2D eigenvalue weighted by molar-refractivity contribution is 5.93. The lowest BCUT2D eigenvalue weighted by atomic mass is 10.1. The number of primary amides is 1. The molecule has 0 bridgehead atoms. The number of hydrogen-bond donors (Lipinski definition) is 3. The number of nitrogens with zero attached hydrogens (tertiary/aromatic N) is 1. The van der Waals surface area contributed by atoms with Crippen LogP contribution in [0.4, 0.5) is 0 Å². The van der Waals surface area contributed by atoms with Crippen molar-refractivity contribution in [3.8, 4) is 0 Å². The van der Waals surface area contributed by atoms with Crippen molar-refractivity contribution in [2.45, 2.75) is 12.5 Å². The molecule has 0 saturated heterocycles. The van der Waals surface area contributed by atoms with Gasteiger partial charge in [0.25, 0.3) is 5.91 Å². The van der Waals surface area contributed by atoms with Crippen LogP contribution in [0.3, 0.4) is 0 Å². The lowest BCUT2D eigenvalue weighted by Crippen LogP contribution is -2.20. The van der Waals surface area contributed by atoms with E-state index in [0.717, 1.165) is 0 Å². The van der Waals surface area contributed by atoms with Crippen molar-refractivity contribution in [1.29, 1.82) is 0 Å². The van der Waals surface area contributed by atoms with Crippen molar-refractivity contribution in [1.82, 2.24) is 4.98 Å². The Morgan fingerprint density at radius 1 is 1.64 bits per heavy atom. The van der Waals surface area contributed by atoms with Crippen LogP contribution in [-0.4, -0.2) is 33.8 Å². The minimum atomic E-state index is -0.914. The summed E-state index contributed by atoms with van der Waals surface area (Å²) in [5.74, 6) is -0.585. The van der Waals surface area contributed by atoms with Crippen molar-refractivity contribution in [2.75, 3.05) is 6.61 Å². The largest absolute Gasteiger partial charge is 0.394 e. The first kappa shape index (κ1) is 10.6. The number of nitrogens with two attached hydrogens (primary N) is 1. The van der Waals surface area contributed by atoms with Crippen LogP contribution in [-0.2, 0) is 6.42 Å². The number of carbonyl (C=O) groups excluding carboxylic acids is 1. The number of hydrogen-bond acceptors (Lipinski definition) is 4. The summed E-state index contributed by atoms with van der Waals surface area (Å²) in [7, 11) is 0. The zero-order chi connectivity index (χ0) is 10.6. The predicted molar refractivity (Wildman–Crippen MR) is 49.6 cm³/mol. The average molecular weight is 196 g/mol. The summed E-state index contributed by atoms with van der Waals surface area (Å²) < 4.78 is 0. The van der Waals surface area contributed by atoms with Gasteiger partial charge in [0.05, 0.1) is 24.0 Å². The lowest BCUT2D eigenvalue weighted by molar-refractivity contribution is 0.0932. The molecule has 0 fully saturated rings. The standard InChI is InChI=1S/C9H12N2O3/c10-9(14)7-2-1-3-11-8(7)4-6(13)5-12/h1-3,6,12-13H,4-5H2,(H2,10,14). The van der Waals surface area contributed by atoms with Crippen LogP contribution < -0.4 is 5.73 Å². The molecular formula is C9H12N2O3. The molecule has 14 heavy (non-hydrogen) atoms. The van der Waals surface area contributed by atoms with Crippen molar-refractivity contribution in [2.24, 2.45) is 5.73 Å². The molecule has 0 aromatic carbocycles. The fraction of sp³-hybridized carbons (Fsp3) is 0.333. The molecule has 76 valence electrons. The van der Waals surface area contributed by atoms with Crippen LogP contribution >= 0.6 is 0 Å². The van der Waals surface area contributed by atoms with Crippen molar-refractivity contribution in [3.63, 3.8) is 0 Å². The molecule has 1 unspecified atom stereocenters. The van der Waals surface area contributed by atoms with E-state index in [2.05, 4.69) is 4.98 Å². The summed E-state index contributed by atoms with van der Waals surface area (Å²) in [6.07, 6.45) is 0.713. The van der Waals surface area contributed by atoms with Gasteiger partial charge in [-0.1, -0.05) is 0 Å². The van der Waals surface area contributed by atoms with E-state index in [9.17, 15) is 9.90 Å². The molecule has 1 rings (SSSR count). The molecular weight excluding hydrogens is 184 g/mol. The second-order valence-electron chi connectivity index (χ2n) is 2.90. The Kier molecular flexibility index (Phi) is 3.55. The van der Waals surface area contributed by atoms with E-state index >= 15 is 0 Å². The second-order valence-corrected chi connectivity index (χ2v) is 2.90. The van der Waals surface area contributed by atoms with E-state index in [1.165, 1.54) is 12.3 Å². The number of aliphatic hydroxyl groups is 2. The Morgan fingerprint density at radius 2 is 2.36 bits per heavy atom. The monoisotopic (exact) mass is 196 g/mol. The molecule has 4 N–H and O–H groups in total. The third-order valence-electron chi connectivity index (χ3n) is 1.80. The Hall–Kier alpha value is -1.46. The van der Waals surface area contributed by atoms with Gasteiger partial charge in [-0.25, -0.2) is 0 Å². The summed E-state index contributed by atoms with van der Waals surface area (Å²) >= 11 is 0. The average Bonchev–Trinajstić information content (AvgIpc) is 2.18. The van der Waals surface area contributed by atoms with Crippen LogP contribution in [0.1, 0.15) is 16.1 Å². The van der Waals surface area contributed by atoms with Gasteiger partial charge in [-0.3, -0.25) is 9.78 Å². The van der Waals surface area contributed by atoms with E-state index in [1.54, 1.807) is 6.07 Å². The van der Waals surface area contributed by atoms with Crippen molar-refractivity contribution >= 4 is 5.91 Å². The number of pyridine rings is 1. The van der Waals surface area contributed by atoms with Crippen LogP contribution in [0.15, 0.2) is 18.3 Å². The number of aromatic nitrogens is 1. The number of amides is 1. The first-order valence-corrected chi connectivity index (χ1v) is 4.17. The molecule has 1 heterocycles. The van der Waals surface area contributed by atoms with Crippen molar-refractivity contribution in [3.05, 3.63) is 29.6 Å². The zero-order valence-electron chi connectivity index (χ0n) is 7.55. The van der Waals surface area contributed by atoms with Gasteiger partial charge in [-0.15, -0.1) is 0 Å². The molecule has 1 aromatic heterocycles. The van der Waals surface area contributed by atoms with Gasteiger partial charge >= 0.3 is 0 Å². The number of aliphatic hydroxyl groups excluding tert-OH is 2. The second kappa shape index (κ2) is 4.69. The maximum Gasteiger partial charge on any atom is 0.250 e. The molecule has 1 amide bonds. The Bertz CT molecular complexity index is 328. The maximum absolute atomic E-state index is 10.9. The topological polar surface area (TPSA) is 96.4 Å². The highest BCUT2D eigenvalue weighted by atomic mass is 16.3. The molecule has 5 nitrogen and oxygen atoms in total. The van der Waals surface area contributed by atoms with E-state index in [4.69, 9.17) is 10.8 Å². The minimum Gasteiger partial charge on any atom is -0.394 e. The molecule has 0 radical (unpaired) electrons. The molecule has 0 aliphatic carbocycles. The van der Waals surface area contributed by atoms with E-state index in [1.807, 2.05) is 0 Å². The zero-order valence-corrected chi connectivity index (χ0v) is 7.55. The molecule has 5 heteroatoms. The first-order chi connectivity index (χ1) is 6.65. The molecule has 0 aliphatic rings. The molecule has 1 atom stereocenters. The van der Waals surface area contributed by atoms with Crippen LogP contribution in [0.2, 0.25) is 0 Å². The lowest BCUT2D eigenvalue weighted by Gasteiger charge is -2.08. The van der Waals surface area contributed by atoms with Gasteiger partial charge in [0.1, 0.15) is 0 Å². The quantitative estimate of drug-likeness (QED) is 0.580. The predicted octanol–water partition coefficient (Wildman–Crippen LogP) is -0.924. The van der Waals surface area contributed by atoms with Gasteiger partial charge in [0.15, 0.2) is 0 Å². The Morgan fingerprint density at radius 3 is 2.93 bits per heavy atom. The first-order valence-electron chi connectivity index (χ1n) is 4.17. The summed E-state index contributed by atoms with van der Waals surface area (Å²) in [6, 6.07) is 3.13. The fourth-order valence-electron chi connectivity index (χ4n) is 1.11. The molecule has 0 saturated carbocycles. The molecule has 0 spiro atoms. The normalized spacial score (nSPS) is 12.4. The maximum atomic E-state index is 10.9. The van der Waals surface area contributed by atoms with Crippen LogP contribution in [0, 0.1) is 0 Å². The Labute approximate surface area is 81.2 Å². The molecule has 1 aromatic rings. The highest BCUT2D eigenvalue weighted by Gasteiger charge is 2.12. The number of rotatable bonds is 4. The summed E-state index contributed by atoms with van der Waals surface area (Å²) in [6.45, 7) is -0.366. The SMILES string of the molecule is NC(=O)c1cccnc1CC(O)CO. The summed E-state index contributed by atoms with van der Waals surface area (Å²) in [4.78, 5) is 14.8. The van der Waals surface area contributed by atoms with Gasteiger partial charge in [0.2, 0.25) is 0 Å².